The molecule has 110 valence electrons. The number of hydrogen-bond donors (Lipinski definition) is 2. The Hall–Kier alpha value is -3.08. The molecule has 0 radical (unpaired) electrons. The zero-order chi connectivity index (χ0) is 15.2. The highest BCUT2D eigenvalue weighted by atomic mass is 15.3. The van der Waals surface area contributed by atoms with Crippen LogP contribution < -0.4 is 11.1 Å². The lowest BCUT2D eigenvalue weighted by molar-refractivity contribution is 0.858. The van der Waals surface area contributed by atoms with Crippen molar-refractivity contribution in [2.24, 2.45) is 10.7 Å². The van der Waals surface area contributed by atoms with Crippen LogP contribution in [0.2, 0.25) is 0 Å². The molecular formula is C17H17N5. The first-order chi connectivity index (χ1) is 10.8. The van der Waals surface area contributed by atoms with Crippen molar-refractivity contribution in [3.05, 3.63) is 78.6 Å². The number of nitrogens with two attached hydrogens (primary N) is 1. The maximum absolute atomic E-state index is 5.94. The summed E-state index contributed by atoms with van der Waals surface area (Å²) in [6.07, 6.45) is 3.67. The van der Waals surface area contributed by atoms with Crippen LogP contribution in [-0.2, 0) is 6.54 Å². The Bertz CT molecular complexity index is 748. The molecule has 0 atom stereocenters. The monoisotopic (exact) mass is 291 g/mol. The maximum atomic E-state index is 5.94. The van der Waals surface area contributed by atoms with E-state index in [0.717, 1.165) is 16.9 Å². The van der Waals surface area contributed by atoms with Crippen LogP contribution in [0, 0.1) is 0 Å². The molecule has 0 fully saturated rings. The smallest absolute Gasteiger partial charge is 0.193 e. The van der Waals surface area contributed by atoms with E-state index in [1.54, 1.807) is 6.20 Å². The summed E-state index contributed by atoms with van der Waals surface area (Å²) >= 11 is 0. The second-order valence-corrected chi connectivity index (χ2v) is 4.77. The molecule has 0 saturated carbocycles. The average molecular weight is 291 g/mol. The third kappa shape index (κ3) is 3.32. The van der Waals surface area contributed by atoms with E-state index in [1.165, 1.54) is 0 Å². The Kier molecular flexibility index (Phi) is 4.15. The molecule has 0 aliphatic carbocycles. The highest BCUT2D eigenvalue weighted by Crippen LogP contribution is 2.14. The Balaban J connectivity index is 1.75. The number of nitrogens with one attached hydrogen (secondary N) is 1. The average Bonchev–Trinajstić information content (AvgIpc) is 3.08. The third-order valence-electron chi connectivity index (χ3n) is 3.21. The van der Waals surface area contributed by atoms with Crippen LogP contribution in [0.5, 0.6) is 0 Å². The van der Waals surface area contributed by atoms with E-state index in [1.807, 2.05) is 71.5 Å². The number of benzene rings is 2. The summed E-state index contributed by atoms with van der Waals surface area (Å²) in [5.41, 5.74) is 8.92. The Labute approximate surface area is 129 Å². The van der Waals surface area contributed by atoms with Gasteiger partial charge in [0.15, 0.2) is 5.96 Å². The molecular weight excluding hydrogens is 274 g/mol. The number of hydrogen-bond acceptors (Lipinski definition) is 2. The van der Waals surface area contributed by atoms with Gasteiger partial charge in [-0.05, 0) is 29.8 Å². The molecule has 22 heavy (non-hydrogen) atoms. The largest absolute Gasteiger partial charge is 0.370 e. The van der Waals surface area contributed by atoms with E-state index >= 15 is 0 Å². The Morgan fingerprint density at radius 1 is 1.05 bits per heavy atom. The predicted octanol–water partition coefficient (Wildman–Crippen LogP) is 2.80. The van der Waals surface area contributed by atoms with Gasteiger partial charge in [-0.3, -0.25) is 0 Å². The van der Waals surface area contributed by atoms with Gasteiger partial charge in [0.25, 0.3) is 0 Å². The minimum absolute atomic E-state index is 0.390. The van der Waals surface area contributed by atoms with Gasteiger partial charge in [-0.25, -0.2) is 9.67 Å². The quantitative estimate of drug-likeness (QED) is 0.573. The van der Waals surface area contributed by atoms with Gasteiger partial charge in [-0.2, -0.15) is 5.10 Å². The first-order valence-electron chi connectivity index (χ1n) is 7.03. The topological polar surface area (TPSA) is 68.2 Å². The number of rotatable bonds is 4. The second-order valence-electron chi connectivity index (χ2n) is 4.77. The van der Waals surface area contributed by atoms with Crippen molar-refractivity contribution in [2.75, 3.05) is 5.32 Å². The van der Waals surface area contributed by atoms with Gasteiger partial charge in [0, 0.05) is 18.1 Å². The molecule has 1 heterocycles. The van der Waals surface area contributed by atoms with Gasteiger partial charge in [0.05, 0.1) is 12.2 Å². The van der Waals surface area contributed by atoms with Gasteiger partial charge in [0.1, 0.15) is 0 Å². The lowest BCUT2D eigenvalue weighted by Gasteiger charge is -2.09. The normalized spacial score (nSPS) is 11.4. The SMILES string of the molecule is NC(=NCc1ccccc1-n1cccn1)Nc1ccccc1. The number of aromatic nitrogens is 2. The summed E-state index contributed by atoms with van der Waals surface area (Å²) in [5.74, 6) is 0.390. The van der Waals surface area contributed by atoms with Gasteiger partial charge in [0.2, 0.25) is 0 Å². The van der Waals surface area contributed by atoms with Crippen LogP contribution in [0.25, 0.3) is 5.69 Å². The minimum atomic E-state index is 0.390. The van der Waals surface area contributed by atoms with Crippen LogP contribution in [0.3, 0.4) is 0 Å². The summed E-state index contributed by atoms with van der Waals surface area (Å²) in [4.78, 5) is 4.40. The molecule has 0 amide bonds. The van der Waals surface area contributed by atoms with E-state index in [9.17, 15) is 0 Å². The van der Waals surface area contributed by atoms with E-state index in [0.29, 0.717) is 12.5 Å². The molecule has 0 aliphatic heterocycles. The molecule has 0 unspecified atom stereocenters. The number of guanidine groups is 1. The van der Waals surface area contributed by atoms with Gasteiger partial charge in [-0.15, -0.1) is 0 Å². The van der Waals surface area contributed by atoms with Crippen LogP contribution in [0.1, 0.15) is 5.56 Å². The van der Waals surface area contributed by atoms with Crippen molar-refractivity contribution in [1.29, 1.82) is 0 Å². The molecule has 0 saturated heterocycles. The van der Waals surface area contributed by atoms with Crippen molar-refractivity contribution in [2.45, 2.75) is 6.54 Å². The fourth-order valence-electron chi connectivity index (χ4n) is 2.16. The second kappa shape index (κ2) is 6.58. The van der Waals surface area contributed by atoms with E-state index in [4.69, 9.17) is 5.73 Å². The number of aliphatic imine (C=N–C) groups is 1. The highest BCUT2D eigenvalue weighted by Gasteiger charge is 2.03. The fourth-order valence-corrected chi connectivity index (χ4v) is 2.16. The molecule has 0 bridgehead atoms. The molecule has 3 N–H and O–H groups in total. The lowest BCUT2D eigenvalue weighted by Crippen LogP contribution is -2.22. The summed E-state index contributed by atoms with van der Waals surface area (Å²) in [6, 6.07) is 19.6. The molecule has 0 spiro atoms. The molecule has 1 aromatic heterocycles. The summed E-state index contributed by atoms with van der Waals surface area (Å²) in [5, 5.41) is 7.34. The standard InChI is InChI=1S/C17H17N5/c18-17(21-15-8-2-1-3-9-15)19-13-14-7-4-5-10-16(14)22-12-6-11-20-22/h1-12H,13H2,(H3,18,19,21). The lowest BCUT2D eigenvalue weighted by atomic mass is 10.2. The van der Waals surface area contributed by atoms with E-state index in [2.05, 4.69) is 15.4 Å². The fraction of sp³-hybridized carbons (Fsp3) is 0.0588. The van der Waals surface area contributed by atoms with Crippen LogP contribution in [0.15, 0.2) is 78.0 Å². The first-order valence-corrected chi connectivity index (χ1v) is 7.03. The molecule has 5 heteroatoms. The van der Waals surface area contributed by atoms with Crippen molar-refractivity contribution in [3.8, 4) is 5.69 Å². The third-order valence-corrected chi connectivity index (χ3v) is 3.21. The molecule has 3 rings (SSSR count). The summed E-state index contributed by atoms with van der Waals surface area (Å²) in [7, 11) is 0. The van der Waals surface area contributed by atoms with E-state index in [-0.39, 0.29) is 0 Å². The molecule has 3 aromatic rings. The number of para-hydroxylation sites is 2. The first kappa shape index (κ1) is 13.9. The van der Waals surface area contributed by atoms with Crippen LogP contribution >= 0.6 is 0 Å². The van der Waals surface area contributed by atoms with Crippen molar-refractivity contribution in [1.82, 2.24) is 9.78 Å². The van der Waals surface area contributed by atoms with Crippen molar-refractivity contribution >= 4 is 11.6 Å². The van der Waals surface area contributed by atoms with Crippen molar-refractivity contribution < 1.29 is 0 Å². The predicted molar refractivity (Wildman–Crippen MR) is 89.0 cm³/mol. The van der Waals surface area contributed by atoms with E-state index < -0.39 is 0 Å². The van der Waals surface area contributed by atoms with Crippen molar-refractivity contribution in [3.63, 3.8) is 0 Å². The van der Waals surface area contributed by atoms with Gasteiger partial charge < -0.3 is 11.1 Å². The summed E-state index contributed by atoms with van der Waals surface area (Å²) in [6.45, 7) is 0.488. The Morgan fingerprint density at radius 3 is 2.59 bits per heavy atom. The zero-order valence-electron chi connectivity index (χ0n) is 12.1. The van der Waals surface area contributed by atoms with Gasteiger partial charge >= 0.3 is 0 Å². The van der Waals surface area contributed by atoms with Crippen LogP contribution in [0.4, 0.5) is 5.69 Å². The maximum Gasteiger partial charge on any atom is 0.193 e. The molecule has 5 nitrogen and oxygen atoms in total. The van der Waals surface area contributed by atoms with Gasteiger partial charge in [-0.1, -0.05) is 36.4 Å². The number of anilines is 1. The number of nitrogens with zero attached hydrogens (tertiary/aromatic N) is 3. The molecule has 2 aromatic carbocycles. The zero-order valence-corrected chi connectivity index (χ0v) is 12.1. The van der Waals surface area contributed by atoms with Crippen LogP contribution in [-0.4, -0.2) is 15.7 Å². The Morgan fingerprint density at radius 2 is 1.82 bits per heavy atom. The minimum Gasteiger partial charge on any atom is -0.370 e. The molecule has 0 aliphatic rings. The highest BCUT2D eigenvalue weighted by molar-refractivity contribution is 5.92. The summed E-state index contributed by atoms with van der Waals surface area (Å²) < 4.78 is 1.83.